The maximum absolute atomic E-state index is 11.8. The minimum Gasteiger partial charge on any atom is -0.480 e. The van der Waals surface area contributed by atoms with E-state index in [2.05, 4.69) is 10.1 Å². The third kappa shape index (κ3) is 2.66. The predicted molar refractivity (Wildman–Crippen MR) is 61.8 cm³/mol. The van der Waals surface area contributed by atoms with Crippen LogP contribution in [0.5, 0.6) is 0 Å². The van der Waals surface area contributed by atoms with Crippen molar-refractivity contribution >= 4 is 11.9 Å². The average molecular weight is 255 g/mol. The maximum atomic E-state index is 11.8. The minimum absolute atomic E-state index is 0.0466. The molecule has 0 aliphatic heterocycles. The number of carboxylic acid groups (broad SMARTS) is 1. The van der Waals surface area contributed by atoms with Gasteiger partial charge in [-0.2, -0.15) is 5.10 Å². The average Bonchev–Trinajstić information content (AvgIpc) is 2.76. The summed E-state index contributed by atoms with van der Waals surface area (Å²) in [4.78, 5) is 27.1. The molecule has 1 heterocycles. The van der Waals surface area contributed by atoms with Gasteiger partial charge in [0.1, 0.15) is 12.2 Å². The summed E-state index contributed by atoms with van der Waals surface area (Å²) in [6.45, 7) is 5.54. The molecule has 18 heavy (non-hydrogen) atoms. The van der Waals surface area contributed by atoms with Crippen molar-refractivity contribution < 1.29 is 19.4 Å². The number of hydrogen-bond acceptors (Lipinski definition) is 5. The summed E-state index contributed by atoms with van der Waals surface area (Å²) in [5.74, 6) is -1.54. The summed E-state index contributed by atoms with van der Waals surface area (Å²) < 4.78 is 6.37. The first-order valence-corrected chi connectivity index (χ1v) is 5.73. The molecular formula is C11H17N3O4. The Morgan fingerprint density at radius 1 is 1.50 bits per heavy atom. The molecule has 0 aliphatic carbocycles. The lowest BCUT2D eigenvalue weighted by Gasteiger charge is -2.21. The number of carbonyl (C=O) groups excluding carboxylic acids is 1. The number of aliphatic carboxylic acids is 1. The molecule has 1 unspecified atom stereocenters. The first kappa shape index (κ1) is 14.1. The van der Waals surface area contributed by atoms with E-state index < -0.39 is 17.4 Å². The maximum Gasteiger partial charge on any atom is 0.323 e. The number of carboxylic acids is 1. The van der Waals surface area contributed by atoms with Crippen molar-refractivity contribution in [2.75, 3.05) is 6.61 Å². The summed E-state index contributed by atoms with van der Waals surface area (Å²) in [5, 5.41) is 13.2. The van der Waals surface area contributed by atoms with Gasteiger partial charge in [0, 0.05) is 13.0 Å². The van der Waals surface area contributed by atoms with E-state index in [0.717, 1.165) is 0 Å². The van der Waals surface area contributed by atoms with Crippen LogP contribution in [0.4, 0.5) is 0 Å². The Morgan fingerprint density at radius 3 is 2.67 bits per heavy atom. The highest BCUT2D eigenvalue weighted by atomic mass is 16.5. The molecule has 0 spiro atoms. The second kappa shape index (κ2) is 5.61. The Kier molecular flexibility index (Phi) is 4.41. The van der Waals surface area contributed by atoms with Gasteiger partial charge in [0.2, 0.25) is 0 Å². The van der Waals surface area contributed by atoms with E-state index in [1.165, 1.54) is 13.3 Å². The monoisotopic (exact) mass is 255 g/mol. The van der Waals surface area contributed by atoms with Gasteiger partial charge < -0.3 is 9.84 Å². The van der Waals surface area contributed by atoms with Gasteiger partial charge in [-0.1, -0.05) is 0 Å². The molecule has 7 heteroatoms. The van der Waals surface area contributed by atoms with Gasteiger partial charge in [0.05, 0.1) is 6.61 Å². The molecule has 0 saturated carbocycles. The molecule has 100 valence electrons. The Bertz CT molecular complexity index is 443. The van der Waals surface area contributed by atoms with Gasteiger partial charge >= 0.3 is 11.9 Å². The van der Waals surface area contributed by atoms with Crippen molar-refractivity contribution in [3.63, 3.8) is 0 Å². The molecule has 0 saturated heterocycles. The highest BCUT2D eigenvalue weighted by molar-refractivity contribution is 5.98. The molecule has 1 rings (SSSR count). The van der Waals surface area contributed by atoms with Gasteiger partial charge in [-0.05, 0) is 20.8 Å². The Morgan fingerprint density at radius 2 is 2.17 bits per heavy atom. The number of aromatic nitrogens is 3. The zero-order valence-corrected chi connectivity index (χ0v) is 10.7. The van der Waals surface area contributed by atoms with Crippen molar-refractivity contribution in [2.45, 2.75) is 33.7 Å². The number of ether oxygens (including phenoxy) is 1. The number of hydrogen-bond donors (Lipinski definition) is 1. The molecule has 0 fully saturated rings. The SMILES string of the molecule is CCOC(=O)C(C)(Cc1ncnn1CC)C(=O)O. The molecular weight excluding hydrogens is 238 g/mol. The van der Waals surface area contributed by atoms with E-state index in [9.17, 15) is 14.7 Å². The summed E-state index contributed by atoms with van der Waals surface area (Å²) in [6.07, 6.45) is 1.29. The Balaban J connectivity index is 3.00. The molecule has 1 aromatic heterocycles. The van der Waals surface area contributed by atoms with Crippen LogP contribution >= 0.6 is 0 Å². The van der Waals surface area contributed by atoms with E-state index >= 15 is 0 Å². The number of carbonyl (C=O) groups is 2. The summed E-state index contributed by atoms with van der Waals surface area (Å²) in [5.41, 5.74) is -1.64. The van der Waals surface area contributed by atoms with E-state index in [1.54, 1.807) is 11.6 Å². The number of esters is 1. The van der Waals surface area contributed by atoms with E-state index in [0.29, 0.717) is 12.4 Å². The number of aryl methyl sites for hydroxylation is 1. The minimum atomic E-state index is -1.64. The standard InChI is InChI=1S/C11H17N3O4/c1-4-14-8(12-7-13-14)6-11(3,9(15)16)10(17)18-5-2/h7H,4-6H2,1-3H3,(H,15,16). The molecule has 0 aromatic carbocycles. The second-order valence-electron chi connectivity index (χ2n) is 4.03. The predicted octanol–water partition coefficient (Wildman–Crippen LogP) is 0.494. The number of rotatable bonds is 6. The van der Waals surface area contributed by atoms with Crippen molar-refractivity contribution in [1.82, 2.24) is 14.8 Å². The summed E-state index contributed by atoms with van der Waals surface area (Å²) in [7, 11) is 0. The normalized spacial score (nSPS) is 13.9. The third-order valence-electron chi connectivity index (χ3n) is 2.70. The van der Waals surface area contributed by atoms with Crippen LogP contribution in [-0.2, 0) is 27.3 Å². The van der Waals surface area contributed by atoms with Crippen LogP contribution in [-0.4, -0.2) is 38.4 Å². The fraction of sp³-hybridized carbons (Fsp3) is 0.636. The highest BCUT2D eigenvalue weighted by Crippen LogP contribution is 2.24. The molecule has 1 atom stereocenters. The Hall–Kier alpha value is -1.92. The fourth-order valence-corrected chi connectivity index (χ4v) is 1.53. The van der Waals surface area contributed by atoms with Gasteiger partial charge in [-0.25, -0.2) is 4.98 Å². The van der Waals surface area contributed by atoms with Crippen LogP contribution in [0.25, 0.3) is 0 Å². The largest absolute Gasteiger partial charge is 0.480 e. The summed E-state index contributed by atoms with van der Waals surface area (Å²) >= 11 is 0. The van der Waals surface area contributed by atoms with Gasteiger partial charge in [0.15, 0.2) is 5.41 Å². The lowest BCUT2D eigenvalue weighted by molar-refractivity contribution is -0.167. The lowest BCUT2D eigenvalue weighted by Crippen LogP contribution is -2.40. The molecule has 7 nitrogen and oxygen atoms in total. The van der Waals surface area contributed by atoms with Crippen LogP contribution in [0.2, 0.25) is 0 Å². The third-order valence-corrected chi connectivity index (χ3v) is 2.70. The van der Waals surface area contributed by atoms with E-state index in [1.807, 2.05) is 6.92 Å². The van der Waals surface area contributed by atoms with Gasteiger partial charge in [0.25, 0.3) is 0 Å². The van der Waals surface area contributed by atoms with Crippen LogP contribution in [0, 0.1) is 5.41 Å². The number of nitrogens with zero attached hydrogens (tertiary/aromatic N) is 3. The zero-order chi connectivity index (χ0) is 13.8. The van der Waals surface area contributed by atoms with E-state index in [-0.39, 0.29) is 13.0 Å². The smallest absolute Gasteiger partial charge is 0.323 e. The summed E-state index contributed by atoms with van der Waals surface area (Å²) in [6, 6.07) is 0. The fourth-order valence-electron chi connectivity index (χ4n) is 1.53. The second-order valence-corrected chi connectivity index (χ2v) is 4.03. The molecule has 0 amide bonds. The molecule has 0 bridgehead atoms. The van der Waals surface area contributed by atoms with Crippen LogP contribution < -0.4 is 0 Å². The van der Waals surface area contributed by atoms with Crippen LogP contribution in [0.3, 0.4) is 0 Å². The van der Waals surface area contributed by atoms with Crippen LogP contribution in [0.1, 0.15) is 26.6 Å². The Labute approximate surface area is 105 Å². The molecule has 0 aliphatic rings. The van der Waals surface area contributed by atoms with Gasteiger partial charge in [-0.15, -0.1) is 0 Å². The van der Waals surface area contributed by atoms with Crippen molar-refractivity contribution in [3.05, 3.63) is 12.2 Å². The van der Waals surface area contributed by atoms with Crippen molar-refractivity contribution in [1.29, 1.82) is 0 Å². The zero-order valence-electron chi connectivity index (χ0n) is 10.7. The lowest BCUT2D eigenvalue weighted by atomic mass is 9.86. The first-order valence-electron chi connectivity index (χ1n) is 5.73. The van der Waals surface area contributed by atoms with E-state index in [4.69, 9.17) is 4.74 Å². The van der Waals surface area contributed by atoms with Gasteiger partial charge in [-0.3, -0.25) is 14.3 Å². The highest BCUT2D eigenvalue weighted by Gasteiger charge is 2.44. The van der Waals surface area contributed by atoms with Crippen molar-refractivity contribution in [2.24, 2.45) is 5.41 Å². The van der Waals surface area contributed by atoms with Crippen molar-refractivity contribution in [3.8, 4) is 0 Å². The molecule has 0 radical (unpaired) electrons. The molecule has 1 N–H and O–H groups in total. The quantitative estimate of drug-likeness (QED) is 0.587. The van der Waals surface area contributed by atoms with Crippen LogP contribution in [0.15, 0.2) is 6.33 Å². The first-order chi connectivity index (χ1) is 8.45. The topological polar surface area (TPSA) is 94.3 Å². The molecule has 1 aromatic rings.